The minimum absolute atomic E-state index is 1.16. The van der Waals surface area contributed by atoms with Crippen molar-refractivity contribution in [3.63, 3.8) is 0 Å². The molecule has 0 radical (unpaired) electrons. The molecule has 1 aliphatic rings. The summed E-state index contributed by atoms with van der Waals surface area (Å²) < 4.78 is 1.26. The van der Waals surface area contributed by atoms with Gasteiger partial charge in [0.25, 0.3) is 0 Å². The van der Waals surface area contributed by atoms with Gasteiger partial charge in [-0.3, -0.25) is 0 Å². The van der Waals surface area contributed by atoms with Crippen LogP contribution in [0.1, 0.15) is 23.1 Å². The number of rotatable bonds is 0. The number of hydrogen-bond acceptors (Lipinski definition) is 0. The Morgan fingerprint density at radius 2 is 2.17 bits per heavy atom. The third-order valence-corrected chi connectivity index (χ3v) is 3.01. The van der Waals surface area contributed by atoms with Gasteiger partial charge in [-0.25, -0.2) is 0 Å². The minimum atomic E-state index is 1.16. The highest BCUT2D eigenvalue weighted by Crippen LogP contribution is 2.30. The van der Waals surface area contributed by atoms with Gasteiger partial charge in [-0.1, -0.05) is 45.8 Å². The highest BCUT2D eigenvalue weighted by atomic mass is 79.9. The number of hydrogen-bond donors (Lipinski definition) is 0. The van der Waals surface area contributed by atoms with Gasteiger partial charge in [0.1, 0.15) is 0 Å². The Bertz CT molecular complexity index is 337. The predicted octanol–water partition coefficient (Wildman–Crippen LogP) is 3.68. The van der Waals surface area contributed by atoms with Crippen LogP contribution >= 0.6 is 15.9 Å². The molecule has 0 nitrogen and oxygen atoms in total. The van der Waals surface area contributed by atoms with Gasteiger partial charge in [0, 0.05) is 4.48 Å². The van der Waals surface area contributed by atoms with E-state index in [4.69, 9.17) is 0 Å². The smallest absolute Gasteiger partial charge is 0.0210 e. The summed E-state index contributed by atoms with van der Waals surface area (Å²) in [5.41, 5.74) is 4.18. The van der Waals surface area contributed by atoms with E-state index in [2.05, 4.69) is 47.1 Å². The van der Waals surface area contributed by atoms with Crippen molar-refractivity contribution in [2.45, 2.75) is 19.8 Å². The minimum Gasteiger partial charge on any atom is -0.0693 e. The summed E-state index contributed by atoms with van der Waals surface area (Å²) in [6.07, 6.45) is 4.60. The second-order valence-electron chi connectivity index (χ2n) is 3.25. The van der Waals surface area contributed by atoms with Gasteiger partial charge in [-0.05, 0) is 30.9 Å². The summed E-state index contributed by atoms with van der Waals surface area (Å²) in [4.78, 5) is 0. The zero-order valence-corrected chi connectivity index (χ0v) is 8.69. The predicted molar refractivity (Wildman–Crippen MR) is 56.4 cm³/mol. The Morgan fingerprint density at radius 3 is 3.00 bits per heavy atom. The fourth-order valence-electron chi connectivity index (χ4n) is 1.59. The molecule has 1 heteroatoms. The molecule has 0 atom stereocenters. The molecule has 12 heavy (non-hydrogen) atoms. The Hall–Kier alpha value is -0.560. The van der Waals surface area contributed by atoms with Crippen molar-refractivity contribution in [1.82, 2.24) is 0 Å². The maximum absolute atomic E-state index is 3.58. The standard InChI is InChI=1S/C11H11Br/c1-8-5-6-9-3-2-4-11(12)10(9)7-8/h4-7H,2-3H2,1H3. The van der Waals surface area contributed by atoms with E-state index in [9.17, 15) is 0 Å². The lowest BCUT2D eigenvalue weighted by Gasteiger charge is -2.13. The van der Waals surface area contributed by atoms with Gasteiger partial charge in [0.15, 0.2) is 0 Å². The van der Waals surface area contributed by atoms with Crippen LogP contribution in [0, 0.1) is 6.92 Å². The third kappa shape index (κ3) is 1.34. The zero-order chi connectivity index (χ0) is 8.55. The molecule has 1 aromatic rings. The molecule has 0 saturated heterocycles. The summed E-state index contributed by atoms with van der Waals surface area (Å²) in [5.74, 6) is 0. The van der Waals surface area contributed by atoms with Crippen molar-refractivity contribution >= 4 is 20.4 Å². The number of halogens is 1. The first-order valence-corrected chi connectivity index (χ1v) is 5.02. The SMILES string of the molecule is Cc1ccc2c(c1)C(Br)=CCC2. The number of allylic oxidation sites excluding steroid dienone is 1. The Kier molecular flexibility index (Phi) is 2.05. The third-order valence-electron chi connectivity index (χ3n) is 2.26. The van der Waals surface area contributed by atoms with Crippen LogP contribution in [0.2, 0.25) is 0 Å². The Morgan fingerprint density at radius 1 is 1.33 bits per heavy atom. The molecule has 0 unspecified atom stereocenters. The number of fused-ring (bicyclic) bond motifs is 1. The van der Waals surface area contributed by atoms with Crippen LogP contribution in [0.25, 0.3) is 4.48 Å². The summed E-state index contributed by atoms with van der Waals surface area (Å²) in [6.45, 7) is 2.13. The maximum Gasteiger partial charge on any atom is 0.0210 e. The van der Waals surface area contributed by atoms with E-state index >= 15 is 0 Å². The molecule has 0 fully saturated rings. The van der Waals surface area contributed by atoms with E-state index in [1.807, 2.05) is 0 Å². The molecular weight excluding hydrogens is 212 g/mol. The first-order chi connectivity index (χ1) is 5.77. The average molecular weight is 223 g/mol. The highest BCUT2D eigenvalue weighted by Gasteiger charge is 2.09. The van der Waals surface area contributed by atoms with E-state index in [0.717, 1.165) is 6.42 Å². The molecule has 0 spiro atoms. The summed E-state index contributed by atoms with van der Waals surface area (Å²) in [6, 6.07) is 6.67. The lowest BCUT2D eigenvalue weighted by Crippen LogP contribution is -1.96. The van der Waals surface area contributed by atoms with Crippen molar-refractivity contribution < 1.29 is 0 Å². The van der Waals surface area contributed by atoms with Crippen LogP contribution in [0.15, 0.2) is 24.3 Å². The van der Waals surface area contributed by atoms with Crippen molar-refractivity contribution in [2.24, 2.45) is 0 Å². The fourth-order valence-corrected chi connectivity index (χ4v) is 2.19. The molecule has 0 saturated carbocycles. The molecule has 0 N–H and O–H groups in total. The monoisotopic (exact) mass is 222 g/mol. The molecule has 0 amide bonds. The molecule has 0 aliphatic heterocycles. The quantitative estimate of drug-likeness (QED) is 0.629. The van der Waals surface area contributed by atoms with Gasteiger partial charge >= 0.3 is 0 Å². The second-order valence-corrected chi connectivity index (χ2v) is 4.11. The second kappa shape index (κ2) is 3.06. The molecule has 0 bridgehead atoms. The molecule has 2 rings (SSSR count). The largest absolute Gasteiger partial charge is 0.0693 e. The summed E-state index contributed by atoms with van der Waals surface area (Å²) in [5, 5.41) is 0. The Labute approximate surface area is 81.4 Å². The van der Waals surface area contributed by atoms with Gasteiger partial charge in [-0.15, -0.1) is 0 Å². The molecule has 1 aromatic carbocycles. The van der Waals surface area contributed by atoms with E-state index in [0.29, 0.717) is 0 Å². The van der Waals surface area contributed by atoms with Gasteiger partial charge in [0.2, 0.25) is 0 Å². The molecule has 0 heterocycles. The Balaban J connectivity index is 2.58. The summed E-state index contributed by atoms with van der Waals surface area (Å²) >= 11 is 3.58. The van der Waals surface area contributed by atoms with Gasteiger partial charge < -0.3 is 0 Å². The number of aryl methyl sites for hydroxylation is 2. The fraction of sp³-hybridized carbons (Fsp3) is 0.273. The van der Waals surface area contributed by atoms with Crippen LogP contribution in [-0.4, -0.2) is 0 Å². The number of benzene rings is 1. The van der Waals surface area contributed by atoms with Crippen LogP contribution in [0.4, 0.5) is 0 Å². The van der Waals surface area contributed by atoms with E-state index < -0.39 is 0 Å². The van der Waals surface area contributed by atoms with Crippen molar-refractivity contribution in [3.05, 3.63) is 41.0 Å². The summed E-state index contributed by atoms with van der Waals surface area (Å²) in [7, 11) is 0. The normalized spacial score (nSPS) is 15.3. The first-order valence-electron chi connectivity index (χ1n) is 4.23. The lowest BCUT2D eigenvalue weighted by molar-refractivity contribution is 0.982. The average Bonchev–Trinajstić information content (AvgIpc) is 2.07. The topological polar surface area (TPSA) is 0 Å². The van der Waals surface area contributed by atoms with Crippen LogP contribution in [0.3, 0.4) is 0 Å². The van der Waals surface area contributed by atoms with Crippen LogP contribution in [0.5, 0.6) is 0 Å². The van der Waals surface area contributed by atoms with Gasteiger partial charge in [0.05, 0.1) is 0 Å². The van der Waals surface area contributed by atoms with Crippen molar-refractivity contribution in [1.29, 1.82) is 0 Å². The molecule has 1 aliphatic carbocycles. The maximum atomic E-state index is 3.58. The first kappa shape index (κ1) is 8.06. The van der Waals surface area contributed by atoms with Crippen LogP contribution < -0.4 is 0 Å². The van der Waals surface area contributed by atoms with E-state index in [1.54, 1.807) is 0 Å². The van der Waals surface area contributed by atoms with Crippen LogP contribution in [-0.2, 0) is 6.42 Å². The van der Waals surface area contributed by atoms with Crippen molar-refractivity contribution in [3.8, 4) is 0 Å². The molecule has 62 valence electrons. The lowest BCUT2D eigenvalue weighted by atomic mass is 9.96. The highest BCUT2D eigenvalue weighted by molar-refractivity contribution is 9.15. The molecular formula is C11H11Br. The zero-order valence-electron chi connectivity index (χ0n) is 7.10. The van der Waals surface area contributed by atoms with Gasteiger partial charge in [-0.2, -0.15) is 0 Å². The van der Waals surface area contributed by atoms with E-state index in [1.165, 1.54) is 27.6 Å². The molecule has 0 aromatic heterocycles. The van der Waals surface area contributed by atoms with E-state index in [-0.39, 0.29) is 0 Å². The van der Waals surface area contributed by atoms with Crippen molar-refractivity contribution in [2.75, 3.05) is 0 Å².